The van der Waals surface area contributed by atoms with E-state index >= 15 is 0 Å². The number of alkyl halides is 3. The van der Waals surface area contributed by atoms with E-state index in [2.05, 4.69) is 5.32 Å². The third-order valence-corrected chi connectivity index (χ3v) is 4.16. The van der Waals surface area contributed by atoms with Gasteiger partial charge in [-0.25, -0.2) is 0 Å². The topological polar surface area (TPSA) is 64.3 Å². The van der Waals surface area contributed by atoms with E-state index in [4.69, 9.17) is 10.5 Å². The van der Waals surface area contributed by atoms with Crippen molar-refractivity contribution < 1.29 is 22.7 Å². The lowest BCUT2D eigenvalue weighted by atomic mass is 9.85. The number of nitrogens with two attached hydrogens (primary N) is 1. The van der Waals surface area contributed by atoms with Gasteiger partial charge >= 0.3 is 6.18 Å². The SMILES string of the molecule is COc1ccc(CNC(=O)C2CCCC(N)C2)c(C(F)(F)F)c1.Cl. The Morgan fingerprint density at radius 2 is 2.08 bits per heavy atom. The summed E-state index contributed by atoms with van der Waals surface area (Å²) in [6.07, 6.45) is -1.42. The van der Waals surface area contributed by atoms with Gasteiger partial charge in [0.1, 0.15) is 5.75 Å². The number of ether oxygens (including phenoxy) is 1. The molecule has 4 nitrogen and oxygen atoms in total. The Balaban J connectivity index is 0.00000288. The summed E-state index contributed by atoms with van der Waals surface area (Å²) in [7, 11) is 1.31. The van der Waals surface area contributed by atoms with Gasteiger partial charge in [-0.15, -0.1) is 12.4 Å². The summed E-state index contributed by atoms with van der Waals surface area (Å²) in [5.74, 6) is -0.318. The van der Waals surface area contributed by atoms with Gasteiger partial charge in [-0.05, 0) is 37.0 Å². The first-order valence-electron chi connectivity index (χ1n) is 7.58. The second-order valence-electron chi connectivity index (χ2n) is 5.86. The molecule has 0 heterocycles. The molecule has 136 valence electrons. The van der Waals surface area contributed by atoms with E-state index in [-0.39, 0.29) is 48.1 Å². The predicted octanol–water partition coefficient (Wildman–Crippen LogP) is 3.27. The molecule has 1 aromatic carbocycles. The zero-order valence-electron chi connectivity index (χ0n) is 13.4. The summed E-state index contributed by atoms with van der Waals surface area (Å²) in [6, 6.07) is 3.71. The molecule has 1 saturated carbocycles. The van der Waals surface area contributed by atoms with E-state index in [9.17, 15) is 18.0 Å². The molecule has 2 unspecified atom stereocenters. The highest BCUT2D eigenvalue weighted by Gasteiger charge is 2.34. The standard InChI is InChI=1S/C16H21F3N2O2.ClH/c1-23-13-6-5-11(14(8-13)16(17,18)19)9-21-15(22)10-3-2-4-12(20)7-10;/h5-6,8,10,12H,2-4,7,9,20H2,1H3,(H,21,22);1H. The van der Waals surface area contributed by atoms with Crippen LogP contribution in [0.1, 0.15) is 36.8 Å². The first kappa shape index (κ1) is 20.6. The quantitative estimate of drug-likeness (QED) is 0.859. The number of rotatable bonds is 4. The van der Waals surface area contributed by atoms with Crippen LogP contribution in [0.3, 0.4) is 0 Å². The summed E-state index contributed by atoms with van der Waals surface area (Å²) in [4.78, 5) is 12.1. The molecule has 3 N–H and O–H groups in total. The number of carbonyl (C=O) groups is 1. The van der Waals surface area contributed by atoms with Crippen LogP contribution in [0.25, 0.3) is 0 Å². The van der Waals surface area contributed by atoms with E-state index in [1.807, 2.05) is 0 Å². The van der Waals surface area contributed by atoms with E-state index in [0.717, 1.165) is 25.3 Å². The average molecular weight is 367 g/mol. The highest BCUT2D eigenvalue weighted by molar-refractivity contribution is 5.85. The fraction of sp³-hybridized carbons (Fsp3) is 0.562. The Morgan fingerprint density at radius 1 is 1.38 bits per heavy atom. The molecule has 0 spiro atoms. The maximum Gasteiger partial charge on any atom is 0.416 e. The van der Waals surface area contributed by atoms with Gasteiger partial charge < -0.3 is 15.8 Å². The molecule has 0 radical (unpaired) electrons. The lowest BCUT2D eigenvalue weighted by Gasteiger charge is -2.25. The van der Waals surface area contributed by atoms with Crippen LogP contribution in [-0.4, -0.2) is 19.1 Å². The molecule has 2 atom stereocenters. The minimum atomic E-state index is -4.50. The largest absolute Gasteiger partial charge is 0.497 e. The molecular formula is C16H22ClF3N2O2. The van der Waals surface area contributed by atoms with E-state index < -0.39 is 11.7 Å². The van der Waals surface area contributed by atoms with Gasteiger partial charge in [0.15, 0.2) is 0 Å². The zero-order valence-corrected chi connectivity index (χ0v) is 14.2. The second kappa shape index (κ2) is 8.58. The number of hydrogen-bond acceptors (Lipinski definition) is 3. The molecule has 0 aliphatic heterocycles. The number of halogens is 4. The number of carbonyl (C=O) groups excluding carboxylic acids is 1. The molecule has 0 bridgehead atoms. The highest BCUT2D eigenvalue weighted by Crippen LogP contribution is 2.34. The predicted molar refractivity (Wildman–Crippen MR) is 87.0 cm³/mol. The second-order valence-corrected chi connectivity index (χ2v) is 5.86. The van der Waals surface area contributed by atoms with Gasteiger partial charge in [-0.3, -0.25) is 4.79 Å². The third kappa shape index (κ3) is 5.27. The van der Waals surface area contributed by atoms with Crippen molar-refractivity contribution in [2.75, 3.05) is 7.11 Å². The van der Waals surface area contributed by atoms with E-state index in [1.54, 1.807) is 0 Å². The smallest absolute Gasteiger partial charge is 0.416 e. The van der Waals surface area contributed by atoms with Gasteiger partial charge in [0.05, 0.1) is 12.7 Å². The molecule has 2 rings (SSSR count). The van der Waals surface area contributed by atoms with Crippen molar-refractivity contribution in [3.63, 3.8) is 0 Å². The highest BCUT2D eigenvalue weighted by atomic mass is 35.5. The van der Waals surface area contributed by atoms with Crippen molar-refractivity contribution in [1.29, 1.82) is 0 Å². The Morgan fingerprint density at radius 3 is 2.67 bits per heavy atom. The van der Waals surface area contributed by atoms with Crippen molar-refractivity contribution in [3.05, 3.63) is 29.3 Å². The first-order valence-corrected chi connectivity index (χ1v) is 7.58. The minimum Gasteiger partial charge on any atom is -0.497 e. The molecule has 1 aliphatic carbocycles. The van der Waals surface area contributed by atoms with Gasteiger partial charge in [0, 0.05) is 18.5 Å². The molecule has 8 heteroatoms. The summed E-state index contributed by atoms with van der Waals surface area (Å²) >= 11 is 0. The Labute approximate surface area is 145 Å². The lowest BCUT2D eigenvalue weighted by Crippen LogP contribution is -2.37. The summed E-state index contributed by atoms with van der Waals surface area (Å²) in [5.41, 5.74) is 5.07. The summed E-state index contributed by atoms with van der Waals surface area (Å²) in [6.45, 7) is -0.163. The Hall–Kier alpha value is -1.47. The molecule has 1 amide bonds. The molecule has 0 saturated heterocycles. The Bertz CT molecular complexity index is 567. The number of amides is 1. The number of nitrogens with one attached hydrogen (secondary N) is 1. The number of methoxy groups -OCH3 is 1. The van der Waals surface area contributed by atoms with Gasteiger partial charge in [0.25, 0.3) is 0 Å². The molecule has 1 fully saturated rings. The van der Waals surface area contributed by atoms with E-state index in [0.29, 0.717) is 6.42 Å². The monoisotopic (exact) mass is 366 g/mol. The first-order chi connectivity index (χ1) is 10.8. The van der Waals surface area contributed by atoms with Crippen LogP contribution in [0.4, 0.5) is 13.2 Å². The lowest BCUT2D eigenvalue weighted by molar-refractivity contribution is -0.138. The minimum absolute atomic E-state index is 0. The van der Waals surface area contributed by atoms with Crippen LogP contribution in [0.15, 0.2) is 18.2 Å². The van der Waals surface area contributed by atoms with Crippen molar-refractivity contribution in [1.82, 2.24) is 5.32 Å². The van der Waals surface area contributed by atoms with Crippen LogP contribution in [0.5, 0.6) is 5.75 Å². The molecular weight excluding hydrogens is 345 g/mol. The summed E-state index contributed by atoms with van der Waals surface area (Å²) < 4.78 is 44.2. The summed E-state index contributed by atoms with van der Waals surface area (Å²) in [5, 5.41) is 2.60. The fourth-order valence-corrected chi connectivity index (χ4v) is 2.89. The van der Waals surface area contributed by atoms with Crippen LogP contribution in [-0.2, 0) is 17.5 Å². The molecule has 24 heavy (non-hydrogen) atoms. The van der Waals surface area contributed by atoms with Gasteiger partial charge in [0.2, 0.25) is 5.91 Å². The average Bonchev–Trinajstić information content (AvgIpc) is 2.51. The zero-order chi connectivity index (χ0) is 17.0. The molecule has 1 aromatic rings. The van der Waals surface area contributed by atoms with Crippen molar-refractivity contribution in [2.45, 2.75) is 44.4 Å². The van der Waals surface area contributed by atoms with Crippen LogP contribution in [0.2, 0.25) is 0 Å². The van der Waals surface area contributed by atoms with Crippen molar-refractivity contribution in [3.8, 4) is 5.75 Å². The Kier molecular flexibility index (Phi) is 7.35. The van der Waals surface area contributed by atoms with Gasteiger partial charge in [-0.2, -0.15) is 13.2 Å². The fourth-order valence-electron chi connectivity index (χ4n) is 2.89. The van der Waals surface area contributed by atoms with Crippen LogP contribution in [0, 0.1) is 5.92 Å². The van der Waals surface area contributed by atoms with Crippen molar-refractivity contribution >= 4 is 18.3 Å². The molecule has 0 aromatic heterocycles. The van der Waals surface area contributed by atoms with E-state index in [1.165, 1.54) is 19.2 Å². The maximum absolute atomic E-state index is 13.1. The van der Waals surface area contributed by atoms with Crippen LogP contribution < -0.4 is 15.8 Å². The van der Waals surface area contributed by atoms with Crippen molar-refractivity contribution in [2.24, 2.45) is 11.7 Å². The molecule has 1 aliphatic rings. The van der Waals surface area contributed by atoms with Gasteiger partial charge in [-0.1, -0.05) is 12.5 Å². The number of hydrogen-bond donors (Lipinski definition) is 2. The number of benzene rings is 1. The maximum atomic E-state index is 13.1. The normalized spacial score (nSPS) is 20.9. The third-order valence-electron chi connectivity index (χ3n) is 4.16. The van der Waals surface area contributed by atoms with Crippen LogP contribution >= 0.6 is 12.4 Å².